The largest absolute Gasteiger partial charge is 0.390 e. The van der Waals surface area contributed by atoms with Crippen molar-refractivity contribution >= 4 is 18.3 Å². The van der Waals surface area contributed by atoms with E-state index in [2.05, 4.69) is 32.4 Å². The van der Waals surface area contributed by atoms with Crippen LogP contribution in [0, 0.1) is 5.92 Å². The molecule has 1 aromatic heterocycles. The van der Waals surface area contributed by atoms with Crippen LogP contribution < -0.4 is 10.7 Å². The zero-order valence-corrected chi connectivity index (χ0v) is 21.7. The fourth-order valence-corrected chi connectivity index (χ4v) is 2.83. The van der Waals surface area contributed by atoms with Crippen molar-refractivity contribution in [3.05, 3.63) is 89.5 Å². The third kappa shape index (κ3) is 11.9. The first-order valence-electron chi connectivity index (χ1n) is 11.6. The number of hydrogen-bond donors (Lipinski definition) is 3. The molecule has 1 unspecified atom stereocenters. The highest BCUT2D eigenvalue weighted by Crippen LogP contribution is 2.21. The predicted molar refractivity (Wildman–Crippen MR) is 147 cm³/mol. The second-order valence-corrected chi connectivity index (χ2v) is 8.64. The zero-order chi connectivity index (χ0) is 26.3. The summed E-state index contributed by atoms with van der Waals surface area (Å²) in [6, 6.07) is 3.46. The molecule has 7 heteroatoms. The maximum absolute atomic E-state index is 12.6. The van der Waals surface area contributed by atoms with Crippen LogP contribution in [0.2, 0.25) is 0 Å². The number of amides is 1. The Bertz CT molecular complexity index is 1020. The third-order valence-electron chi connectivity index (χ3n) is 5.21. The van der Waals surface area contributed by atoms with Crippen LogP contribution in [0.1, 0.15) is 50.7 Å². The second-order valence-electron chi connectivity index (χ2n) is 8.64. The fraction of sp³-hybridized carbons (Fsp3) is 0.357. The summed E-state index contributed by atoms with van der Waals surface area (Å²) in [6.07, 6.45) is 17.0. The molecule has 1 amide bonds. The van der Waals surface area contributed by atoms with E-state index in [1.54, 1.807) is 57.7 Å². The Morgan fingerprint density at radius 2 is 2.11 bits per heavy atom. The van der Waals surface area contributed by atoms with Crippen molar-refractivity contribution in [1.29, 1.82) is 0 Å². The molecule has 0 fully saturated rings. The van der Waals surface area contributed by atoms with Gasteiger partial charge in [-0.2, -0.15) is 5.10 Å². The Labute approximate surface area is 209 Å². The molecule has 7 nitrogen and oxygen atoms in total. The van der Waals surface area contributed by atoms with Crippen LogP contribution >= 0.6 is 0 Å². The highest BCUT2D eigenvalue weighted by molar-refractivity contribution is 5.95. The summed E-state index contributed by atoms with van der Waals surface area (Å²) >= 11 is 0. The molecule has 0 saturated heterocycles. The molecule has 0 bridgehead atoms. The average Bonchev–Trinajstić information content (AvgIpc) is 2.81. The highest BCUT2D eigenvalue weighted by atomic mass is 16.3. The van der Waals surface area contributed by atoms with Crippen molar-refractivity contribution in [2.24, 2.45) is 16.0 Å². The van der Waals surface area contributed by atoms with Crippen LogP contribution in [-0.2, 0) is 6.42 Å². The number of allylic oxidation sites excluding steroid dienone is 7. The molecule has 0 aliphatic heterocycles. The van der Waals surface area contributed by atoms with E-state index in [1.165, 1.54) is 0 Å². The number of pyridine rings is 1. The van der Waals surface area contributed by atoms with Crippen LogP contribution in [0.3, 0.4) is 0 Å². The lowest BCUT2D eigenvalue weighted by Gasteiger charge is -2.23. The molecule has 1 aromatic rings. The summed E-state index contributed by atoms with van der Waals surface area (Å²) in [7, 11) is 1.73. The molecule has 0 aromatic carbocycles. The van der Waals surface area contributed by atoms with Gasteiger partial charge in [0.15, 0.2) is 0 Å². The standard InChI is InChI=1S/C28H39N5O2/c1-8-25(9-2)33-32-16-15-31-27(34)24-13-14-30-26(19-24)18-23(17-22(4)28(5,6)35)12-10-11-21(3)20-29-7/h8-14,16-17,19-20,22,33,35H,1,15,18H2,2-7H3,(H,31,34)/b12-10+,21-11-,23-17+,25-9+,29-20?,32-16+. The Kier molecular flexibility index (Phi) is 12.9. The first kappa shape index (κ1) is 29.5. The first-order chi connectivity index (χ1) is 16.6. The van der Waals surface area contributed by atoms with E-state index in [1.807, 2.05) is 51.2 Å². The summed E-state index contributed by atoms with van der Waals surface area (Å²) in [5, 5.41) is 17.3. The second kappa shape index (κ2) is 15.3. The lowest BCUT2D eigenvalue weighted by atomic mass is 9.90. The molecule has 0 radical (unpaired) electrons. The van der Waals surface area contributed by atoms with E-state index in [9.17, 15) is 9.90 Å². The molecule has 35 heavy (non-hydrogen) atoms. The predicted octanol–water partition coefficient (Wildman–Crippen LogP) is 4.56. The maximum atomic E-state index is 12.6. The Morgan fingerprint density at radius 1 is 1.37 bits per heavy atom. The fourth-order valence-electron chi connectivity index (χ4n) is 2.83. The van der Waals surface area contributed by atoms with Crippen LogP contribution in [-0.4, -0.2) is 47.6 Å². The summed E-state index contributed by atoms with van der Waals surface area (Å²) < 4.78 is 0. The van der Waals surface area contributed by atoms with Crippen LogP contribution in [0.5, 0.6) is 0 Å². The monoisotopic (exact) mass is 477 g/mol. The van der Waals surface area contributed by atoms with Crippen molar-refractivity contribution in [3.8, 4) is 0 Å². The van der Waals surface area contributed by atoms with Crippen LogP contribution in [0.4, 0.5) is 0 Å². The molecule has 0 aliphatic carbocycles. The van der Waals surface area contributed by atoms with Gasteiger partial charge in [0.05, 0.1) is 17.8 Å². The summed E-state index contributed by atoms with van der Waals surface area (Å²) in [6.45, 7) is 13.4. The van der Waals surface area contributed by atoms with Crippen LogP contribution in [0.25, 0.3) is 0 Å². The van der Waals surface area contributed by atoms with Gasteiger partial charge in [0, 0.05) is 49.3 Å². The topological polar surface area (TPSA) is 99.0 Å². The van der Waals surface area contributed by atoms with Crippen molar-refractivity contribution in [2.45, 2.75) is 46.6 Å². The first-order valence-corrected chi connectivity index (χ1v) is 11.6. The number of carbonyl (C=O) groups excluding carboxylic acids is 1. The van der Waals surface area contributed by atoms with Gasteiger partial charge >= 0.3 is 0 Å². The molecule has 0 spiro atoms. The molecular formula is C28H39N5O2. The zero-order valence-electron chi connectivity index (χ0n) is 21.7. The van der Waals surface area contributed by atoms with Gasteiger partial charge in [-0.15, -0.1) is 0 Å². The molecule has 0 saturated carbocycles. The van der Waals surface area contributed by atoms with Gasteiger partial charge in [0.25, 0.3) is 5.91 Å². The lowest BCUT2D eigenvalue weighted by Crippen LogP contribution is -2.27. The number of aromatic nitrogens is 1. The van der Waals surface area contributed by atoms with E-state index in [0.717, 1.165) is 22.5 Å². The number of hydrogen-bond acceptors (Lipinski definition) is 6. The summed E-state index contributed by atoms with van der Waals surface area (Å²) in [4.78, 5) is 21.0. The SMILES string of the molecule is C=C/C(=C\C)N/N=C/CNC(=O)c1ccnc(CC(=C/C(C)C(C)(C)O)/C=C/C=C(/C)C=NC)c1. The number of nitrogens with one attached hydrogen (secondary N) is 2. The summed E-state index contributed by atoms with van der Waals surface area (Å²) in [5.41, 5.74) is 6.05. The highest BCUT2D eigenvalue weighted by Gasteiger charge is 2.20. The number of aliphatic imine (C=N–C) groups is 1. The van der Waals surface area contributed by atoms with E-state index in [-0.39, 0.29) is 18.4 Å². The number of carbonyl (C=O) groups is 1. The normalized spacial score (nSPS) is 14.7. The molecular weight excluding hydrogens is 438 g/mol. The van der Waals surface area contributed by atoms with Crippen molar-refractivity contribution in [1.82, 2.24) is 15.7 Å². The van der Waals surface area contributed by atoms with Gasteiger partial charge in [-0.05, 0) is 57.0 Å². The Hall–Kier alpha value is -3.58. The molecule has 188 valence electrons. The minimum Gasteiger partial charge on any atom is -0.390 e. The molecule has 1 rings (SSSR count). The average molecular weight is 478 g/mol. The van der Waals surface area contributed by atoms with E-state index >= 15 is 0 Å². The molecule has 1 atom stereocenters. The van der Waals surface area contributed by atoms with Gasteiger partial charge in [0.2, 0.25) is 0 Å². The van der Waals surface area contributed by atoms with E-state index in [4.69, 9.17) is 0 Å². The minimum absolute atomic E-state index is 0.0760. The van der Waals surface area contributed by atoms with Gasteiger partial charge in [-0.1, -0.05) is 43.9 Å². The number of hydrazone groups is 1. The Balaban J connectivity index is 2.97. The molecule has 1 heterocycles. The van der Waals surface area contributed by atoms with Crippen molar-refractivity contribution in [2.75, 3.05) is 13.6 Å². The third-order valence-corrected chi connectivity index (χ3v) is 5.21. The van der Waals surface area contributed by atoms with Gasteiger partial charge in [0.1, 0.15) is 0 Å². The van der Waals surface area contributed by atoms with E-state index in [0.29, 0.717) is 12.0 Å². The van der Waals surface area contributed by atoms with Gasteiger partial charge in [-0.25, -0.2) is 0 Å². The summed E-state index contributed by atoms with van der Waals surface area (Å²) in [5.74, 6) is -0.286. The molecule has 3 N–H and O–H groups in total. The quantitative estimate of drug-likeness (QED) is 0.220. The number of rotatable bonds is 13. The minimum atomic E-state index is -0.857. The van der Waals surface area contributed by atoms with Gasteiger partial charge in [-0.3, -0.25) is 20.2 Å². The van der Waals surface area contributed by atoms with Gasteiger partial charge < -0.3 is 10.4 Å². The Morgan fingerprint density at radius 3 is 2.74 bits per heavy atom. The van der Waals surface area contributed by atoms with Crippen LogP contribution in [0.15, 0.2) is 88.3 Å². The number of aliphatic hydroxyl groups is 1. The lowest BCUT2D eigenvalue weighted by molar-refractivity contribution is 0.0438. The van der Waals surface area contributed by atoms with Crippen molar-refractivity contribution < 1.29 is 9.90 Å². The number of nitrogens with zero attached hydrogens (tertiary/aromatic N) is 3. The van der Waals surface area contributed by atoms with Crippen molar-refractivity contribution in [3.63, 3.8) is 0 Å². The van der Waals surface area contributed by atoms with E-state index < -0.39 is 5.60 Å². The maximum Gasteiger partial charge on any atom is 0.251 e. The smallest absolute Gasteiger partial charge is 0.251 e. The molecule has 0 aliphatic rings.